The summed E-state index contributed by atoms with van der Waals surface area (Å²) in [7, 11) is 0. The molecule has 0 rings (SSSR count). The number of aliphatic carboxylic acids is 2. The average molecular weight is 666 g/mol. The number of carboxylic acids is 2. The highest BCUT2D eigenvalue weighted by Crippen LogP contribution is 2.27. The summed E-state index contributed by atoms with van der Waals surface area (Å²) in [5.41, 5.74) is 15.9. The van der Waals surface area contributed by atoms with Crippen LogP contribution in [0.5, 0.6) is 0 Å². The molecule has 0 aromatic heterocycles. The molecule has 17 heteroatoms. The molecule has 266 valence electrons. The fraction of sp³-hybridized carbons (Fsp3) is 0.759. The summed E-state index contributed by atoms with van der Waals surface area (Å²) in [6.07, 6.45) is -4.16. The van der Waals surface area contributed by atoms with Crippen LogP contribution in [-0.2, 0) is 57.2 Å². The summed E-state index contributed by atoms with van der Waals surface area (Å²) < 4.78 is 24.4. The van der Waals surface area contributed by atoms with Crippen molar-refractivity contribution >= 4 is 41.8 Å². The van der Waals surface area contributed by atoms with Crippen LogP contribution in [0.3, 0.4) is 0 Å². The van der Waals surface area contributed by atoms with Crippen molar-refractivity contribution in [3.63, 3.8) is 0 Å². The van der Waals surface area contributed by atoms with Crippen molar-refractivity contribution < 1.29 is 67.5 Å². The molecule has 46 heavy (non-hydrogen) atoms. The first kappa shape index (κ1) is 44.3. The lowest BCUT2D eigenvalue weighted by atomic mass is 9.80. The molecular weight excluding hydrogens is 614 g/mol. The van der Waals surface area contributed by atoms with Gasteiger partial charge in [-0.25, -0.2) is 4.79 Å². The molecule has 2 unspecified atom stereocenters. The normalized spacial score (nSPS) is 15.4. The first-order valence-corrected chi connectivity index (χ1v) is 14.8. The summed E-state index contributed by atoms with van der Waals surface area (Å²) in [6, 6.07) is -3.31. The second kappa shape index (κ2) is 21.8. The van der Waals surface area contributed by atoms with Gasteiger partial charge < -0.3 is 51.1 Å². The van der Waals surface area contributed by atoms with Crippen molar-refractivity contribution in [2.75, 3.05) is 19.8 Å². The van der Waals surface area contributed by atoms with Crippen molar-refractivity contribution in [2.24, 2.45) is 34.5 Å². The van der Waals surface area contributed by atoms with Crippen molar-refractivity contribution in [3.05, 3.63) is 0 Å². The van der Waals surface area contributed by atoms with Crippen LogP contribution in [-0.4, -0.2) is 102 Å². The molecule has 0 spiro atoms. The van der Waals surface area contributed by atoms with Gasteiger partial charge in [0.05, 0.1) is 31.5 Å². The van der Waals surface area contributed by atoms with E-state index in [1.807, 2.05) is 0 Å². The topological polar surface area (TPSA) is 284 Å². The molecule has 0 aromatic rings. The average Bonchev–Trinajstić information content (AvgIpc) is 2.97. The predicted molar refractivity (Wildman–Crippen MR) is 160 cm³/mol. The maximum atomic E-state index is 12.1. The van der Waals surface area contributed by atoms with Crippen LogP contribution in [0.2, 0.25) is 0 Å². The van der Waals surface area contributed by atoms with Crippen molar-refractivity contribution in [3.8, 4) is 0 Å². The van der Waals surface area contributed by atoms with Crippen molar-refractivity contribution in [2.45, 2.75) is 105 Å². The van der Waals surface area contributed by atoms with E-state index in [-0.39, 0.29) is 38.1 Å². The number of esters is 5. The molecule has 8 N–H and O–H groups in total. The lowest BCUT2D eigenvalue weighted by Crippen LogP contribution is -2.51. The van der Waals surface area contributed by atoms with Gasteiger partial charge in [0.25, 0.3) is 0 Å². The van der Waals surface area contributed by atoms with Gasteiger partial charge in [0.1, 0.15) is 24.7 Å². The van der Waals surface area contributed by atoms with Gasteiger partial charge in [0, 0.05) is 0 Å². The zero-order chi connectivity index (χ0) is 36.4. The Kier molecular flexibility index (Phi) is 21.0. The smallest absolute Gasteiger partial charge is 0.349 e. The number of hydrogen-bond acceptors (Lipinski definition) is 15. The molecule has 0 bridgehead atoms. The van der Waals surface area contributed by atoms with Crippen LogP contribution >= 0.6 is 0 Å². The second-order valence-electron chi connectivity index (χ2n) is 11.0. The van der Waals surface area contributed by atoms with Crippen molar-refractivity contribution in [1.29, 1.82) is 0 Å². The Morgan fingerprint density at radius 3 is 1.59 bits per heavy atom. The van der Waals surface area contributed by atoms with Gasteiger partial charge >= 0.3 is 41.8 Å². The van der Waals surface area contributed by atoms with Crippen LogP contribution < -0.4 is 17.2 Å². The van der Waals surface area contributed by atoms with Crippen LogP contribution in [0, 0.1) is 17.3 Å². The van der Waals surface area contributed by atoms with Crippen LogP contribution in [0.25, 0.3) is 0 Å². The number of carbonyl (C=O) groups excluding carboxylic acids is 5. The molecule has 0 saturated heterocycles. The zero-order valence-corrected chi connectivity index (χ0v) is 27.8. The number of ether oxygens (including phenoxy) is 5. The monoisotopic (exact) mass is 665 g/mol. The summed E-state index contributed by atoms with van der Waals surface area (Å²) >= 11 is 0. The summed E-state index contributed by atoms with van der Waals surface area (Å²) in [6.45, 7) is 13.1. The van der Waals surface area contributed by atoms with Gasteiger partial charge in [-0.2, -0.15) is 0 Å². The Morgan fingerprint density at radius 1 is 0.717 bits per heavy atom. The van der Waals surface area contributed by atoms with Crippen LogP contribution in [0.4, 0.5) is 0 Å². The van der Waals surface area contributed by atoms with Gasteiger partial charge in [0.15, 0.2) is 6.10 Å². The van der Waals surface area contributed by atoms with E-state index < -0.39 is 84.0 Å². The first-order valence-electron chi connectivity index (χ1n) is 14.8. The first-order chi connectivity index (χ1) is 21.2. The van der Waals surface area contributed by atoms with Gasteiger partial charge in [-0.15, -0.1) is 0 Å². The minimum Gasteiger partial charge on any atom is -0.481 e. The molecular formula is C29H51N3O14. The number of nitrogens with two attached hydrogens (primary N) is 3. The number of rotatable bonds is 19. The van der Waals surface area contributed by atoms with E-state index in [2.05, 4.69) is 0 Å². The Balaban J connectivity index is 0. The van der Waals surface area contributed by atoms with Gasteiger partial charge in [0.2, 0.25) is 6.10 Å². The molecule has 0 aromatic carbocycles. The largest absolute Gasteiger partial charge is 0.481 e. The second-order valence-corrected chi connectivity index (χ2v) is 11.0. The fourth-order valence-electron chi connectivity index (χ4n) is 3.23. The van der Waals surface area contributed by atoms with E-state index >= 15 is 0 Å². The molecule has 0 aliphatic carbocycles. The molecule has 0 amide bonds. The van der Waals surface area contributed by atoms with E-state index in [0.717, 1.165) is 0 Å². The minimum atomic E-state index is -1.94. The van der Waals surface area contributed by atoms with Crippen molar-refractivity contribution in [1.82, 2.24) is 0 Å². The highest BCUT2D eigenvalue weighted by Gasteiger charge is 2.44. The molecule has 0 fully saturated rings. The molecule has 17 nitrogen and oxygen atoms in total. The molecule has 0 aliphatic rings. The molecule has 6 atom stereocenters. The standard InChI is InChI=1S/C17H30N2O8.C12H21NO6/c1-6-25-11(20)7-10(26-16(23)12(18)8(2)3)14(15(21)22)27-17(24)13(19)9(4)5;1-4-12(3,11(17)18-5-2)9(13)10(16)19-7-6-8(14)15/h8-10,12-14H,6-7,18-19H2,1-5H3,(H,21,22);9H,4-7,13H2,1-3H3,(H,14,15)/t10?,12-,13-,14?;9-,12-/m01/s1. The highest BCUT2D eigenvalue weighted by molar-refractivity contribution is 5.87. The molecule has 0 radical (unpaired) electrons. The Bertz CT molecular complexity index is 1030. The van der Waals surface area contributed by atoms with E-state index in [0.29, 0.717) is 6.42 Å². The molecule has 0 heterocycles. The minimum absolute atomic E-state index is 0.0424. The third-order valence-electron chi connectivity index (χ3n) is 6.72. The molecule has 0 aliphatic heterocycles. The van der Waals surface area contributed by atoms with Gasteiger partial charge in [-0.3, -0.25) is 28.8 Å². The third-order valence-corrected chi connectivity index (χ3v) is 6.72. The Hall–Kier alpha value is -3.83. The van der Waals surface area contributed by atoms with E-state index in [4.69, 9.17) is 46.0 Å². The Morgan fingerprint density at radius 2 is 1.20 bits per heavy atom. The lowest BCUT2D eigenvalue weighted by molar-refractivity contribution is -0.183. The SMILES string of the molecule is CCOC(=O)CC(OC(=O)[C@@H](N)C(C)C)C(OC(=O)[C@@H](N)C(C)C)C(=O)O.CCOC(=O)[C@](C)(CC)[C@H](N)C(=O)OCCC(=O)O. The van der Waals surface area contributed by atoms with Crippen LogP contribution in [0.1, 0.15) is 74.7 Å². The fourth-order valence-corrected chi connectivity index (χ4v) is 3.23. The summed E-state index contributed by atoms with van der Waals surface area (Å²) in [5, 5.41) is 17.9. The number of carboxylic acid groups (broad SMARTS) is 2. The van der Waals surface area contributed by atoms with Gasteiger partial charge in [-0.05, 0) is 39.0 Å². The molecule has 0 saturated carbocycles. The summed E-state index contributed by atoms with van der Waals surface area (Å²) in [5.74, 6) is -7.38. The quantitative estimate of drug-likeness (QED) is 0.0904. The van der Waals surface area contributed by atoms with Gasteiger partial charge in [-0.1, -0.05) is 34.6 Å². The predicted octanol–water partition coefficient (Wildman–Crippen LogP) is 0.125. The highest BCUT2D eigenvalue weighted by atomic mass is 16.6. The maximum absolute atomic E-state index is 12.1. The summed E-state index contributed by atoms with van der Waals surface area (Å²) in [4.78, 5) is 81.4. The van der Waals surface area contributed by atoms with E-state index in [9.17, 15) is 38.7 Å². The lowest BCUT2D eigenvalue weighted by Gasteiger charge is -2.30. The van der Waals surface area contributed by atoms with E-state index in [1.54, 1.807) is 48.5 Å². The van der Waals surface area contributed by atoms with E-state index in [1.165, 1.54) is 6.92 Å². The number of carbonyl (C=O) groups is 7. The third kappa shape index (κ3) is 15.4. The Labute approximate surface area is 268 Å². The maximum Gasteiger partial charge on any atom is 0.349 e. The number of hydrogen-bond donors (Lipinski definition) is 5. The van der Waals surface area contributed by atoms with Crippen LogP contribution in [0.15, 0.2) is 0 Å². The zero-order valence-electron chi connectivity index (χ0n) is 27.8.